The summed E-state index contributed by atoms with van der Waals surface area (Å²) in [5.41, 5.74) is 1.71. The molecule has 7 nitrogen and oxygen atoms in total. The molecule has 3 heterocycles. The van der Waals surface area contributed by atoms with Gasteiger partial charge >= 0.3 is 5.97 Å². The number of methoxy groups -OCH3 is 2. The van der Waals surface area contributed by atoms with Gasteiger partial charge in [0.25, 0.3) is 0 Å². The smallest absolute Gasteiger partial charge is 0.341 e. The van der Waals surface area contributed by atoms with Gasteiger partial charge in [0.05, 0.1) is 23.4 Å². The maximum absolute atomic E-state index is 12.6. The first kappa shape index (κ1) is 22.1. The Bertz CT molecular complexity index is 1220. The van der Waals surface area contributed by atoms with Gasteiger partial charge in [-0.2, -0.15) is 0 Å². The number of ether oxygens (including phenoxy) is 2. The van der Waals surface area contributed by atoms with Crippen LogP contribution < -0.4 is 10.4 Å². The van der Waals surface area contributed by atoms with Gasteiger partial charge < -0.3 is 14.6 Å². The Labute approximate surface area is 187 Å². The number of carbonyl (C=O) groups is 1. The lowest BCUT2D eigenvalue weighted by molar-refractivity contribution is 0.0693. The molecule has 2 atom stereocenters. The van der Waals surface area contributed by atoms with Gasteiger partial charge in [-0.3, -0.25) is 14.5 Å². The largest absolute Gasteiger partial charge is 0.477 e. The van der Waals surface area contributed by atoms with E-state index in [-0.39, 0.29) is 23.2 Å². The van der Waals surface area contributed by atoms with Crippen molar-refractivity contribution in [2.24, 2.45) is 0 Å². The number of benzene rings is 1. The Morgan fingerprint density at radius 3 is 2.59 bits per heavy atom. The number of hydrogen-bond donors (Lipinski definition) is 1. The van der Waals surface area contributed by atoms with Crippen molar-refractivity contribution in [3.8, 4) is 23.1 Å². The first-order valence-electron chi connectivity index (χ1n) is 10.5. The van der Waals surface area contributed by atoms with Crippen molar-refractivity contribution in [2.75, 3.05) is 19.2 Å². The Balaban J connectivity index is 1.97. The van der Waals surface area contributed by atoms with Gasteiger partial charge in [0.2, 0.25) is 0 Å². The van der Waals surface area contributed by atoms with Crippen molar-refractivity contribution in [2.45, 2.75) is 57.4 Å². The molecule has 0 amide bonds. The van der Waals surface area contributed by atoms with Crippen molar-refractivity contribution >= 4 is 5.97 Å². The second-order valence-electron chi connectivity index (χ2n) is 9.43. The molecule has 1 saturated heterocycles. The van der Waals surface area contributed by atoms with Crippen LogP contribution in [-0.2, 0) is 9.47 Å². The third-order valence-corrected chi connectivity index (χ3v) is 6.40. The van der Waals surface area contributed by atoms with E-state index < -0.39 is 17.0 Å². The summed E-state index contributed by atoms with van der Waals surface area (Å²) in [7, 11) is 3.32. The minimum Gasteiger partial charge on any atom is -0.477 e. The summed E-state index contributed by atoms with van der Waals surface area (Å²) >= 11 is 0. The topological polar surface area (TPSA) is 81.0 Å². The number of aromatic carboxylic acids is 1. The van der Waals surface area contributed by atoms with E-state index >= 15 is 0 Å². The average molecular weight is 437 g/mol. The lowest BCUT2D eigenvalue weighted by atomic mass is 9.91. The van der Waals surface area contributed by atoms with Crippen LogP contribution in [0.1, 0.15) is 61.6 Å². The highest BCUT2D eigenvalue weighted by atomic mass is 16.5. The maximum atomic E-state index is 12.6. The average Bonchev–Trinajstić information content (AvgIpc) is 3.02. The van der Waals surface area contributed by atoms with Crippen LogP contribution in [0.5, 0.6) is 0 Å². The molecular weight excluding hydrogens is 408 g/mol. The minimum absolute atomic E-state index is 0.108. The van der Waals surface area contributed by atoms with E-state index in [1.54, 1.807) is 14.2 Å². The van der Waals surface area contributed by atoms with Crippen molar-refractivity contribution in [1.29, 1.82) is 0 Å². The normalized spacial score (nSPS) is 20.6. The lowest BCUT2D eigenvalue weighted by Crippen LogP contribution is -2.50. The van der Waals surface area contributed by atoms with Crippen molar-refractivity contribution in [3.63, 3.8) is 0 Å². The molecular formula is C25H28N2O5. The fraction of sp³-hybridized carbons (Fsp3) is 0.440. The lowest BCUT2D eigenvalue weighted by Gasteiger charge is -2.44. The quantitative estimate of drug-likeness (QED) is 0.745. The third-order valence-electron chi connectivity index (χ3n) is 6.40. The first-order valence-corrected chi connectivity index (χ1v) is 10.5. The number of carboxylic acid groups (broad SMARTS) is 1. The third kappa shape index (κ3) is 3.50. The highest BCUT2D eigenvalue weighted by Crippen LogP contribution is 2.49. The Hall–Kier alpha value is -3.08. The van der Waals surface area contributed by atoms with E-state index in [1.807, 2.05) is 36.7 Å². The standard InChI is InChI=1S/C25H28N2O5/c1-24(2)13-21(31-5)22-17-11-15(9-10-25(3,4)32-6)7-8-16(17)19-12-20(28)18(23(29)30)14-26(19)27(22)24/h7-8,11-12,14,21-22H,13H2,1-6H3,(H,29,30)/t21?,22-/m1/s1. The molecule has 2 aliphatic heterocycles. The predicted molar refractivity (Wildman–Crippen MR) is 122 cm³/mol. The molecule has 0 aliphatic carbocycles. The summed E-state index contributed by atoms with van der Waals surface area (Å²) in [5.74, 6) is 5.11. The Morgan fingerprint density at radius 2 is 1.97 bits per heavy atom. The number of aromatic nitrogens is 1. The van der Waals surface area contributed by atoms with Gasteiger partial charge in [0, 0.05) is 44.0 Å². The van der Waals surface area contributed by atoms with Crippen molar-refractivity contribution < 1.29 is 19.4 Å². The predicted octanol–water partition coefficient (Wildman–Crippen LogP) is 3.18. The Morgan fingerprint density at radius 1 is 1.25 bits per heavy atom. The van der Waals surface area contributed by atoms with E-state index in [0.717, 1.165) is 23.1 Å². The van der Waals surface area contributed by atoms with Crippen LogP contribution in [0.2, 0.25) is 0 Å². The molecule has 32 heavy (non-hydrogen) atoms. The Kier molecular flexibility index (Phi) is 5.19. The number of rotatable bonds is 3. The molecule has 2 aromatic rings. The van der Waals surface area contributed by atoms with E-state index in [0.29, 0.717) is 5.69 Å². The van der Waals surface area contributed by atoms with Crippen LogP contribution in [0.3, 0.4) is 0 Å². The van der Waals surface area contributed by atoms with Crippen LogP contribution in [0, 0.1) is 11.8 Å². The monoisotopic (exact) mass is 436 g/mol. The summed E-state index contributed by atoms with van der Waals surface area (Å²) in [4.78, 5) is 24.2. The van der Waals surface area contributed by atoms with E-state index in [2.05, 4.69) is 30.7 Å². The summed E-state index contributed by atoms with van der Waals surface area (Å²) in [6.07, 6.45) is 2.07. The molecule has 1 fully saturated rings. The van der Waals surface area contributed by atoms with Gasteiger partial charge in [-0.05, 0) is 45.4 Å². The minimum atomic E-state index is -1.24. The van der Waals surface area contributed by atoms with E-state index in [4.69, 9.17) is 9.47 Å². The van der Waals surface area contributed by atoms with Gasteiger partial charge in [-0.15, -0.1) is 0 Å². The highest BCUT2D eigenvalue weighted by molar-refractivity contribution is 5.88. The number of pyridine rings is 1. The molecule has 0 bridgehead atoms. The van der Waals surface area contributed by atoms with Crippen LogP contribution >= 0.6 is 0 Å². The van der Waals surface area contributed by atoms with E-state index in [9.17, 15) is 14.7 Å². The van der Waals surface area contributed by atoms with E-state index in [1.165, 1.54) is 12.3 Å². The van der Waals surface area contributed by atoms with Crippen LogP contribution in [0.25, 0.3) is 11.3 Å². The van der Waals surface area contributed by atoms with Crippen molar-refractivity contribution in [1.82, 2.24) is 4.68 Å². The zero-order valence-electron chi connectivity index (χ0n) is 19.2. The second-order valence-corrected chi connectivity index (χ2v) is 9.43. The summed E-state index contributed by atoms with van der Waals surface area (Å²) < 4.78 is 13.1. The highest BCUT2D eigenvalue weighted by Gasteiger charge is 2.51. The molecule has 0 saturated carbocycles. The summed E-state index contributed by atoms with van der Waals surface area (Å²) in [6, 6.07) is 7.15. The second kappa shape index (κ2) is 7.51. The van der Waals surface area contributed by atoms with Gasteiger partial charge in [0.15, 0.2) is 5.43 Å². The van der Waals surface area contributed by atoms with Crippen LogP contribution in [0.4, 0.5) is 0 Å². The molecule has 0 radical (unpaired) electrons. The number of carboxylic acids is 1. The van der Waals surface area contributed by atoms with Crippen LogP contribution in [0.15, 0.2) is 35.3 Å². The summed E-state index contributed by atoms with van der Waals surface area (Å²) in [5, 5.41) is 11.7. The van der Waals surface area contributed by atoms with Gasteiger partial charge in [-0.1, -0.05) is 17.9 Å². The molecule has 1 unspecified atom stereocenters. The molecule has 7 heteroatoms. The molecule has 2 aliphatic rings. The summed E-state index contributed by atoms with van der Waals surface area (Å²) in [6.45, 7) is 8.00. The zero-order chi connectivity index (χ0) is 23.4. The molecule has 1 aromatic heterocycles. The maximum Gasteiger partial charge on any atom is 0.341 e. The van der Waals surface area contributed by atoms with Gasteiger partial charge in [0.1, 0.15) is 11.2 Å². The fourth-order valence-corrected chi connectivity index (χ4v) is 4.66. The SMILES string of the molecule is COC1CC(C)(C)N2[C@@H]1c1cc(C#CC(C)(C)OC)ccc1-c1cc(=O)c(C(=O)O)cn12. The van der Waals surface area contributed by atoms with Crippen LogP contribution in [-0.4, -0.2) is 47.2 Å². The molecule has 4 rings (SSSR count). The molecule has 1 N–H and O–H groups in total. The zero-order valence-corrected chi connectivity index (χ0v) is 19.2. The molecule has 1 aromatic carbocycles. The molecule has 168 valence electrons. The first-order chi connectivity index (χ1) is 15.0. The number of fused-ring (bicyclic) bond motifs is 6. The number of nitrogens with zero attached hydrogens (tertiary/aromatic N) is 2. The molecule has 0 spiro atoms. The fourth-order valence-electron chi connectivity index (χ4n) is 4.66. The number of hydrogen-bond acceptors (Lipinski definition) is 5. The van der Waals surface area contributed by atoms with Crippen molar-refractivity contribution in [3.05, 3.63) is 57.4 Å². The van der Waals surface area contributed by atoms with Gasteiger partial charge in [-0.25, -0.2) is 4.79 Å².